The maximum atomic E-state index is 5.65. The van der Waals surface area contributed by atoms with Crippen molar-refractivity contribution >= 4 is 0 Å². The highest BCUT2D eigenvalue weighted by Crippen LogP contribution is 2.30. The summed E-state index contributed by atoms with van der Waals surface area (Å²) in [6, 6.07) is 0. The van der Waals surface area contributed by atoms with Crippen LogP contribution in [0.15, 0.2) is 0 Å². The average Bonchev–Trinajstić information content (AvgIpc) is 2.66. The second-order valence-electron chi connectivity index (χ2n) is 3.94. The summed E-state index contributed by atoms with van der Waals surface area (Å²) in [7, 11) is 1.74. The van der Waals surface area contributed by atoms with Crippen LogP contribution in [-0.2, 0) is 14.2 Å². The molecule has 0 aromatic heterocycles. The second-order valence-corrected chi connectivity index (χ2v) is 3.94. The van der Waals surface area contributed by atoms with Crippen LogP contribution in [0.25, 0.3) is 0 Å². The number of rotatable bonds is 3. The van der Waals surface area contributed by atoms with Gasteiger partial charge in [0.15, 0.2) is 5.79 Å². The van der Waals surface area contributed by atoms with Gasteiger partial charge in [0.05, 0.1) is 19.8 Å². The summed E-state index contributed by atoms with van der Waals surface area (Å²) in [4.78, 5) is 2.40. The minimum Gasteiger partial charge on any atom is -0.383 e. The van der Waals surface area contributed by atoms with E-state index >= 15 is 0 Å². The standard InChI is InChI=1S/C10H19NO3/c1-12-7-6-11-4-2-10(3-5-11)13-8-9-14-10/h2-9H2,1H3. The van der Waals surface area contributed by atoms with Crippen molar-refractivity contribution in [1.29, 1.82) is 0 Å². The molecular weight excluding hydrogens is 182 g/mol. The fourth-order valence-corrected chi connectivity index (χ4v) is 2.12. The Morgan fingerprint density at radius 1 is 1.21 bits per heavy atom. The van der Waals surface area contributed by atoms with Gasteiger partial charge in [-0.2, -0.15) is 0 Å². The van der Waals surface area contributed by atoms with Gasteiger partial charge in [0.1, 0.15) is 0 Å². The van der Waals surface area contributed by atoms with Crippen LogP contribution < -0.4 is 0 Å². The molecule has 0 saturated carbocycles. The van der Waals surface area contributed by atoms with Gasteiger partial charge in [-0.05, 0) is 0 Å². The van der Waals surface area contributed by atoms with Gasteiger partial charge in [-0.15, -0.1) is 0 Å². The first-order valence-corrected chi connectivity index (χ1v) is 5.34. The maximum absolute atomic E-state index is 5.65. The van der Waals surface area contributed by atoms with Crippen molar-refractivity contribution in [3.05, 3.63) is 0 Å². The molecule has 0 unspecified atom stereocenters. The third-order valence-corrected chi connectivity index (χ3v) is 3.04. The molecule has 0 aliphatic carbocycles. The molecule has 14 heavy (non-hydrogen) atoms. The highest BCUT2D eigenvalue weighted by Gasteiger charge is 2.39. The lowest BCUT2D eigenvalue weighted by Crippen LogP contribution is -2.45. The average molecular weight is 201 g/mol. The fraction of sp³-hybridized carbons (Fsp3) is 1.00. The van der Waals surface area contributed by atoms with E-state index in [4.69, 9.17) is 14.2 Å². The van der Waals surface area contributed by atoms with Crippen molar-refractivity contribution < 1.29 is 14.2 Å². The van der Waals surface area contributed by atoms with Crippen LogP contribution >= 0.6 is 0 Å². The molecule has 0 aromatic rings. The fourth-order valence-electron chi connectivity index (χ4n) is 2.12. The highest BCUT2D eigenvalue weighted by molar-refractivity contribution is 4.82. The number of ether oxygens (including phenoxy) is 3. The minimum absolute atomic E-state index is 0.233. The molecule has 2 rings (SSSR count). The lowest BCUT2D eigenvalue weighted by molar-refractivity contribution is -0.185. The smallest absolute Gasteiger partial charge is 0.170 e. The lowest BCUT2D eigenvalue weighted by atomic mass is 10.0. The highest BCUT2D eigenvalue weighted by atomic mass is 16.7. The summed E-state index contributed by atoms with van der Waals surface area (Å²) in [5, 5.41) is 0. The molecule has 4 nitrogen and oxygen atoms in total. The van der Waals surface area contributed by atoms with Gasteiger partial charge in [0, 0.05) is 39.6 Å². The van der Waals surface area contributed by atoms with E-state index in [0.29, 0.717) is 0 Å². The van der Waals surface area contributed by atoms with Gasteiger partial charge in [-0.3, -0.25) is 0 Å². The molecule has 0 amide bonds. The summed E-state index contributed by atoms with van der Waals surface area (Å²) >= 11 is 0. The Kier molecular flexibility index (Phi) is 3.38. The molecule has 2 saturated heterocycles. The van der Waals surface area contributed by atoms with E-state index in [-0.39, 0.29) is 5.79 Å². The largest absolute Gasteiger partial charge is 0.383 e. The first-order valence-electron chi connectivity index (χ1n) is 5.34. The number of methoxy groups -OCH3 is 1. The van der Waals surface area contributed by atoms with E-state index in [2.05, 4.69) is 4.90 Å². The number of likely N-dealkylation sites (tertiary alicyclic amines) is 1. The number of nitrogens with zero attached hydrogens (tertiary/aromatic N) is 1. The SMILES string of the molecule is COCCN1CCC2(CC1)OCCO2. The molecule has 82 valence electrons. The van der Waals surface area contributed by atoms with Gasteiger partial charge in [0.25, 0.3) is 0 Å². The van der Waals surface area contributed by atoms with Gasteiger partial charge >= 0.3 is 0 Å². The third kappa shape index (κ3) is 2.25. The Balaban J connectivity index is 1.74. The Morgan fingerprint density at radius 3 is 2.43 bits per heavy atom. The van der Waals surface area contributed by atoms with Crippen molar-refractivity contribution in [2.75, 3.05) is 46.6 Å². The van der Waals surface area contributed by atoms with Gasteiger partial charge in [0.2, 0.25) is 0 Å². The molecule has 0 aromatic carbocycles. The van der Waals surface area contributed by atoms with Crippen molar-refractivity contribution in [3.8, 4) is 0 Å². The minimum atomic E-state index is -0.233. The zero-order valence-corrected chi connectivity index (χ0v) is 8.83. The summed E-state index contributed by atoms with van der Waals surface area (Å²) in [5.74, 6) is -0.233. The number of piperidine rings is 1. The van der Waals surface area contributed by atoms with E-state index in [0.717, 1.165) is 52.3 Å². The van der Waals surface area contributed by atoms with Crippen LogP contribution in [0.2, 0.25) is 0 Å². The van der Waals surface area contributed by atoms with Crippen molar-refractivity contribution in [2.24, 2.45) is 0 Å². The molecule has 0 bridgehead atoms. The lowest BCUT2D eigenvalue weighted by Gasteiger charge is -2.37. The second kappa shape index (κ2) is 4.57. The van der Waals surface area contributed by atoms with Crippen molar-refractivity contribution in [3.63, 3.8) is 0 Å². The van der Waals surface area contributed by atoms with Crippen LogP contribution in [0.3, 0.4) is 0 Å². The third-order valence-electron chi connectivity index (χ3n) is 3.04. The number of hydrogen-bond donors (Lipinski definition) is 0. The van der Waals surface area contributed by atoms with Crippen LogP contribution in [0, 0.1) is 0 Å². The maximum Gasteiger partial charge on any atom is 0.170 e. The molecule has 0 N–H and O–H groups in total. The Hall–Kier alpha value is -0.160. The van der Waals surface area contributed by atoms with E-state index in [1.165, 1.54) is 0 Å². The van der Waals surface area contributed by atoms with Crippen molar-refractivity contribution in [2.45, 2.75) is 18.6 Å². The predicted molar refractivity (Wildman–Crippen MR) is 52.2 cm³/mol. The van der Waals surface area contributed by atoms with Crippen LogP contribution in [-0.4, -0.2) is 57.3 Å². The Morgan fingerprint density at radius 2 is 1.86 bits per heavy atom. The molecule has 2 aliphatic heterocycles. The molecular formula is C10H19NO3. The van der Waals surface area contributed by atoms with Gasteiger partial charge < -0.3 is 19.1 Å². The molecule has 1 spiro atoms. The Labute approximate surface area is 85.1 Å². The summed E-state index contributed by atoms with van der Waals surface area (Å²) in [6.45, 7) is 5.48. The molecule has 2 fully saturated rings. The van der Waals surface area contributed by atoms with E-state index < -0.39 is 0 Å². The van der Waals surface area contributed by atoms with Gasteiger partial charge in [-0.25, -0.2) is 0 Å². The molecule has 4 heteroatoms. The quantitative estimate of drug-likeness (QED) is 0.664. The summed E-state index contributed by atoms with van der Waals surface area (Å²) < 4.78 is 16.4. The molecule has 0 radical (unpaired) electrons. The Bertz CT molecular complexity index is 170. The van der Waals surface area contributed by atoms with Crippen LogP contribution in [0.4, 0.5) is 0 Å². The topological polar surface area (TPSA) is 30.9 Å². The molecule has 2 aliphatic rings. The van der Waals surface area contributed by atoms with E-state index in [9.17, 15) is 0 Å². The monoisotopic (exact) mass is 201 g/mol. The summed E-state index contributed by atoms with van der Waals surface area (Å²) in [6.07, 6.45) is 1.99. The number of hydrogen-bond acceptors (Lipinski definition) is 4. The van der Waals surface area contributed by atoms with Crippen molar-refractivity contribution in [1.82, 2.24) is 4.90 Å². The first kappa shape index (κ1) is 10.4. The van der Waals surface area contributed by atoms with Crippen LogP contribution in [0.1, 0.15) is 12.8 Å². The molecule has 0 atom stereocenters. The first-order chi connectivity index (χ1) is 6.85. The van der Waals surface area contributed by atoms with Crippen LogP contribution in [0.5, 0.6) is 0 Å². The van der Waals surface area contributed by atoms with E-state index in [1.807, 2.05) is 0 Å². The summed E-state index contributed by atoms with van der Waals surface area (Å²) in [5.41, 5.74) is 0. The zero-order chi connectivity index (χ0) is 9.86. The van der Waals surface area contributed by atoms with E-state index in [1.54, 1.807) is 7.11 Å². The zero-order valence-electron chi connectivity index (χ0n) is 8.83. The predicted octanol–water partition coefficient (Wildman–Crippen LogP) is 0.472. The normalized spacial score (nSPS) is 27.2. The van der Waals surface area contributed by atoms with Gasteiger partial charge in [-0.1, -0.05) is 0 Å². The molecule has 2 heterocycles.